The minimum absolute atomic E-state index is 0.938. The van der Waals surface area contributed by atoms with Gasteiger partial charge in [0.2, 0.25) is 0 Å². The van der Waals surface area contributed by atoms with Crippen LogP contribution in [0.3, 0.4) is 0 Å². The van der Waals surface area contributed by atoms with Crippen LogP contribution < -0.4 is 0 Å². The van der Waals surface area contributed by atoms with Crippen LogP contribution in [0.1, 0.15) is 43.7 Å². The zero-order valence-corrected chi connectivity index (χ0v) is 11.0. The van der Waals surface area contributed by atoms with Gasteiger partial charge in [-0.25, -0.2) is 0 Å². The average Bonchev–Trinajstić information content (AvgIpc) is 2.75. The van der Waals surface area contributed by atoms with E-state index >= 15 is 0 Å². The topological polar surface area (TPSA) is 30.7 Å². The predicted molar refractivity (Wildman–Crippen MR) is 71.1 cm³/mol. The first-order valence-electron chi connectivity index (χ1n) is 6.53. The second kappa shape index (κ2) is 5.30. The average molecular weight is 231 g/mol. The molecule has 3 nitrogen and oxygen atoms in total. The lowest BCUT2D eigenvalue weighted by molar-refractivity contribution is 0.495. The fourth-order valence-corrected chi connectivity index (χ4v) is 2.07. The van der Waals surface area contributed by atoms with Crippen LogP contribution in [0, 0.1) is 13.8 Å². The maximum Gasteiger partial charge on any atom is 0.116 e. The molecule has 1 aromatic heterocycles. The summed E-state index contributed by atoms with van der Waals surface area (Å²) in [6.07, 6.45) is 5.02. The van der Waals surface area contributed by atoms with Crippen molar-refractivity contribution in [2.45, 2.75) is 53.0 Å². The van der Waals surface area contributed by atoms with Crippen molar-refractivity contribution in [3.63, 3.8) is 0 Å². The summed E-state index contributed by atoms with van der Waals surface area (Å²) in [4.78, 5) is 1.86. The van der Waals surface area contributed by atoms with Gasteiger partial charge in [0.1, 0.15) is 11.0 Å². The molecular weight excluding hydrogens is 210 g/mol. The Morgan fingerprint density at radius 1 is 0.941 bits per heavy atom. The van der Waals surface area contributed by atoms with Crippen LogP contribution in [0.5, 0.6) is 0 Å². The molecule has 3 heteroatoms. The Labute approximate surface area is 103 Å². The van der Waals surface area contributed by atoms with Gasteiger partial charge in [-0.1, -0.05) is 38.3 Å². The molecule has 0 bridgehead atoms. The van der Waals surface area contributed by atoms with Gasteiger partial charge in [0.05, 0.1) is 6.54 Å². The van der Waals surface area contributed by atoms with Crippen molar-refractivity contribution in [3.8, 4) is 0 Å². The summed E-state index contributed by atoms with van der Waals surface area (Å²) in [7, 11) is 0. The monoisotopic (exact) mass is 231 g/mol. The summed E-state index contributed by atoms with van der Waals surface area (Å²) >= 11 is 0. The molecule has 0 saturated heterocycles. The molecule has 2 rings (SSSR count). The van der Waals surface area contributed by atoms with Crippen LogP contribution in [-0.2, 0) is 6.54 Å². The van der Waals surface area contributed by atoms with Crippen molar-refractivity contribution in [2.75, 3.05) is 0 Å². The fraction of sp³-hybridized carbons (Fsp3) is 0.571. The van der Waals surface area contributed by atoms with Gasteiger partial charge in [-0.15, -0.1) is 0 Å². The highest BCUT2D eigenvalue weighted by Crippen LogP contribution is 2.18. The van der Waals surface area contributed by atoms with E-state index in [1.165, 1.54) is 36.8 Å². The number of hydrogen-bond donors (Lipinski definition) is 0. The van der Waals surface area contributed by atoms with Crippen LogP contribution in [-0.4, -0.2) is 15.0 Å². The third kappa shape index (κ3) is 2.65. The Hall–Kier alpha value is -1.38. The molecule has 0 amide bonds. The summed E-state index contributed by atoms with van der Waals surface area (Å²) in [5.41, 5.74) is 4.54. The van der Waals surface area contributed by atoms with Gasteiger partial charge < -0.3 is 0 Å². The smallest absolute Gasteiger partial charge is 0.116 e. The number of aromatic nitrogens is 3. The summed E-state index contributed by atoms with van der Waals surface area (Å²) in [6.45, 7) is 7.36. The molecule has 0 unspecified atom stereocenters. The Kier molecular flexibility index (Phi) is 3.77. The van der Waals surface area contributed by atoms with Gasteiger partial charge in [-0.05, 0) is 31.4 Å². The van der Waals surface area contributed by atoms with Crippen LogP contribution in [0.2, 0.25) is 0 Å². The van der Waals surface area contributed by atoms with Gasteiger partial charge >= 0.3 is 0 Å². The largest absolute Gasteiger partial charge is 0.184 e. The predicted octanol–water partition coefficient (Wildman–Crippen LogP) is 3.63. The molecule has 1 aromatic carbocycles. The second-order valence-corrected chi connectivity index (χ2v) is 4.75. The van der Waals surface area contributed by atoms with Crippen molar-refractivity contribution in [3.05, 3.63) is 23.3 Å². The first-order valence-corrected chi connectivity index (χ1v) is 6.53. The number of rotatable bonds is 5. The Morgan fingerprint density at radius 2 is 1.53 bits per heavy atom. The highest BCUT2D eigenvalue weighted by atomic mass is 15.5. The van der Waals surface area contributed by atoms with Crippen molar-refractivity contribution in [2.24, 2.45) is 0 Å². The minimum atomic E-state index is 0.938. The van der Waals surface area contributed by atoms with Crippen LogP contribution in [0.25, 0.3) is 11.0 Å². The first kappa shape index (κ1) is 12.1. The Bertz CT molecular complexity index is 460. The molecule has 0 aliphatic heterocycles. The summed E-state index contributed by atoms with van der Waals surface area (Å²) in [5, 5.41) is 9.15. The molecule has 0 radical (unpaired) electrons. The lowest BCUT2D eigenvalue weighted by Gasteiger charge is -1.98. The van der Waals surface area contributed by atoms with Crippen molar-refractivity contribution < 1.29 is 0 Å². The molecule has 0 saturated carbocycles. The zero-order chi connectivity index (χ0) is 12.3. The van der Waals surface area contributed by atoms with Crippen LogP contribution in [0.15, 0.2) is 12.1 Å². The molecular formula is C14H21N3. The lowest BCUT2D eigenvalue weighted by Crippen LogP contribution is -2.02. The lowest BCUT2D eigenvalue weighted by atomic mass is 10.1. The number of hydrogen-bond acceptors (Lipinski definition) is 2. The number of aryl methyl sites for hydroxylation is 3. The standard InChI is InChI=1S/C14H21N3/c1-4-5-6-7-10-17-15-13-11(2)8-9-12(3)14(13)16-17/h8-9H,4-7,10H2,1-3H3. The van der Waals surface area contributed by atoms with Crippen molar-refractivity contribution in [1.29, 1.82) is 0 Å². The maximum atomic E-state index is 4.58. The molecule has 0 fully saturated rings. The normalized spacial score (nSPS) is 11.2. The highest BCUT2D eigenvalue weighted by Gasteiger charge is 2.07. The first-order chi connectivity index (χ1) is 8.22. The SMILES string of the molecule is CCCCCCn1nc2c(C)ccc(C)c2n1. The minimum Gasteiger partial charge on any atom is -0.184 e. The fourth-order valence-electron chi connectivity index (χ4n) is 2.07. The number of unbranched alkanes of at least 4 members (excludes halogenated alkanes) is 3. The van der Waals surface area contributed by atoms with E-state index in [1.807, 2.05) is 4.80 Å². The maximum absolute atomic E-state index is 4.58. The summed E-state index contributed by atoms with van der Waals surface area (Å²) < 4.78 is 0. The van der Waals surface area contributed by atoms with E-state index in [1.54, 1.807) is 0 Å². The number of fused-ring (bicyclic) bond motifs is 1. The van der Waals surface area contributed by atoms with E-state index < -0.39 is 0 Å². The van der Waals surface area contributed by atoms with Gasteiger partial charge in [0.15, 0.2) is 0 Å². The second-order valence-electron chi connectivity index (χ2n) is 4.75. The molecule has 92 valence electrons. The third-order valence-corrected chi connectivity index (χ3v) is 3.20. The van der Waals surface area contributed by atoms with E-state index in [4.69, 9.17) is 0 Å². The van der Waals surface area contributed by atoms with Crippen LogP contribution >= 0.6 is 0 Å². The van der Waals surface area contributed by atoms with E-state index in [0.29, 0.717) is 0 Å². The van der Waals surface area contributed by atoms with Gasteiger partial charge in [-0.2, -0.15) is 15.0 Å². The molecule has 0 spiro atoms. The third-order valence-electron chi connectivity index (χ3n) is 3.20. The summed E-state index contributed by atoms with van der Waals surface area (Å²) in [6, 6.07) is 4.24. The molecule has 17 heavy (non-hydrogen) atoms. The van der Waals surface area contributed by atoms with Crippen LogP contribution in [0.4, 0.5) is 0 Å². The highest BCUT2D eigenvalue weighted by molar-refractivity contribution is 5.80. The van der Waals surface area contributed by atoms with Crippen molar-refractivity contribution in [1.82, 2.24) is 15.0 Å². The molecule has 0 atom stereocenters. The summed E-state index contributed by atoms with van der Waals surface area (Å²) in [5.74, 6) is 0. The van der Waals surface area contributed by atoms with E-state index in [0.717, 1.165) is 17.6 Å². The number of benzene rings is 1. The van der Waals surface area contributed by atoms with Gasteiger partial charge in [0.25, 0.3) is 0 Å². The zero-order valence-electron chi connectivity index (χ0n) is 11.0. The Morgan fingerprint density at radius 3 is 2.06 bits per heavy atom. The molecule has 0 aliphatic carbocycles. The number of nitrogens with zero attached hydrogens (tertiary/aromatic N) is 3. The van der Waals surface area contributed by atoms with Gasteiger partial charge in [-0.3, -0.25) is 0 Å². The van der Waals surface area contributed by atoms with E-state index in [2.05, 4.69) is 43.1 Å². The quantitative estimate of drug-likeness (QED) is 0.736. The van der Waals surface area contributed by atoms with E-state index in [-0.39, 0.29) is 0 Å². The van der Waals surface area contributed by atoms with Crippen molar-refractivity contribution >= 4 is 11.0 Å². The Balaban J connectivity index is 2.14. The molecule has 0 N–H and O–H groups in total. The molecule has 0 aliphatic rings. The molecule has 2 aromatic rings. The van der Waals surface area contributed by atoms with Gasteiger partial charge in [0, 0.05) is 0 Å². The van der Waals surface area contributed by atoms with E-state index in [9.17, 15) is 0 Å². The molecule has 1 heterocycles.